The summed E-state index contributed by atoms with van der Waals surface area (Å²) in [7, 11) is 3.31. The van der Waals surface area contributed by atoms with Crippen molar-refractivity contribution in [1.82, 2.24) is 0 Å². The van der Waals surface area contributed by atoms with E-state index in [4.69, 9.17) is 4.74 Å². The summed E-state index contributed by atoms with van der Waals surface area (Å²) < 4.78 is 6.05. The van der Waals surface area contributed by atoms with E-state index in [9.17, 15) is 4.79 Å². The monoisotopic (exact) mass is 334 g/mol. The average molecular weight is 335 g/mol. The summed E-state index contributed by atoms with van der Waals surface area (Å²) in [6.07, 6.45) is 0. The van der Waals surface area contributed by atoms with Crippen LogP contribution in [0.2, 0.25) is 0 Å². The van der Waals surface area contributed by atoms with E-state index in [1.165, 1.54) is 0 Å². The fourth-order valence-electron chi connectivity index (χ4n) is 1.71. The smallest absolute Gasteiger partial charge is 0.326 e. The molecule has 2 aromatic rings. The standard InChI is InChI=1S/C15H15BrN2O2/c1-18(13-7-3-5-11(16)9-13)15(19)17-12-6-4-8-14(10-12)20-2/h3-10H,1-2H3,(H,17,19). The van der Waals surface area contributed by atoms with Crippen molar-refractivity contribution < 1.29 is 9.53 Å². The number of carbonyl (C=O) groups excluding carboxylic acids is 1. The van der Waals surface area contributed by atoms with Crippen molar-refractivity contribution >= 4 is 33.3 Å². The number of anilines is 2. The van der Waals surface area contributed by atoms with E-state index in [0.29, 0.717) is 11.4 Å². The van der Waals surface area contributed by atoms with Gasteiger partial charge in [0.25, 0.3) is 0 Å². The molecule has 2 rings (SSSR count). The summed E-state index contributed by atoms with van der Waals surface area (Å²) >= 11 is 3.39. The Morgan fingerprint density at radius 3 is 2.65 bits per heavy atom. The van der Waals surface area contributed by atoms with Crippen LogP contribution in [0.4, 0.5) is 16.2 Å². The van der Waals surface area contributed by atoms with Crippen molar-refractivity contribution in [3.05, 3.63) is 53.0 Å². The first kappa shape index (κ1) is 14.4. The SMILES string of the molecule is COc1cccc(NC(=O)N(C)c2cccc(Br)c2)c1. The molecular weight excluding hydrogens is 320 g/mol. The molecule has 104 valence electrons. The number of rotatable bonds is 3. The maximum Gasteiger partial charge on any atom is 0.326 e. The predicted molar refractivity (Wildman–Crippen MR) is 84.6 cm³/mol. The van der Waals surface area contributed by atoms with Crippen molar-refractivity contribution in [2.24, 2.45) is 0 Å². The highest BCUT2D eigenvalue weighted by Gasteiger charge is 2.11. The Balaban J connectivity index is 2.11. The molecule has 4 nitrogen and oxygen atoms in total. The van der Waals surface area contributed by atoms with Crippen LogP contribution in [0.25, 0.3) is 0 Å². The van der Waals surface area contributed by atoms with Crippen molar-refractivity contribution in [3.63, 3.8) is 0 Å². The van der Waals surface area contributed by atoms with Crippen LogP contribution in [0.5, 0.6) is 5.75 Å². The van der Waals surface area contributed by atoms with Crippen molar-refractivity contribution in [3.8, 4) is 5.75 Å². The first-order valence-electron chi connectivity index (χ1n) is 6.04. The highest BCUT2D eigenvalue weighted by Crippen LogP contribution is 2.21. The molecule has 5 heteroatoms. The second-order valence-corrected chi connectivity index (χ2v) is 5.12. The molecule has 0 spiro atoms. The average Bonchev–Trinajstić information content (AvgIpc) is 2.46. The van der Waals surface area contributed by atoms with Gasteiger partial charge >= 0.3 is 6.03 Å². The Morgan fingerprint density at radius 1 is 1.20 bits per heavy atom. The third-order valence-corrected chi connectivity index (χ3v) is 3.31. The summed E-state index contributed by atoms with van der Waals surface area (Å²) in [6, 6.07) is 14.6. The Morgan fingerprint density at radius 2 is 1.95 bits per heavy atom. The minimum Gasteiger partial charge on any atom is -0.497 e. The molecule has 0 heterocycles. The van der Waals surface area contributed by atoms with Crippen LogP contribution in [0, 0.1) is 0 Å². The van der Waals surface area contributed by atoms with Gasteiger partial charge in [0.05, 0.1) is 7.11 Å². The number of carbonyl (C=O) groups is 1. The Bertz CT molecular complexity index is 616. The zero-order valence-corrected chi connectivity index (χ0v) is 12.8. The molecule has 0 aliphatic rings. The summed E-state index contributed by atoms with van der Waals surface area (Å²) in [4.78, 5) is 13.7. The van der Waals surface area contributed by atoms with Gasteiger partial charge in [-0.3, -0.25) is 4.90 Å². The molecular formula is C15H15BrN2O2. The molecule has 0 aliphatic heterocycles. The van der Waals surface area contributed by atoms with Crippen molar-refractivity contribution in [2.75, 3.05) is 24.4 Å². The third-order valence-electron chi connectivity index (χ3n) is 2.82. The van der Waals surface area contributed by atoms with Crippen LogP contribution in [-0.4, -0.2) is 20.2 Å². The van der Waals surface area contributed by atoms with Gasteiger partial charge in [-0.1, -0.05) is 28.1 Å². The van der Waals surface area contributed by atoms with Gasteiger partial charge in [0.1, 0.15) is 5.75 Å². The molecule has 1 N–H and O–H groups in total. The number of benzene rings is 2. The zero-order chi connectivity index (χ0) is 14.5. The van der Waals surface area contributed by atoms with Gasteiger partial charge < -0.3 is 10.1 Å². The maximum atomic E-state index is 12.2. The molecule has 0 aliphatic carbocycles. The number of halogens is 1. The second kappa shape index (κ2) is 6.43. The van der Waals surface area contributed by atoms with Gasteiger partial charge in [-0.15, -0.1) is 0 Å². The fourth-order valence-corrected chi connectivity index (χ4v) is 2.10. The number of amides is 2. The highest BCUT2D eigenvalue weighted by molar-refractivity contribution is 9.10. The minimum absolute atomic E-state index is 0.212. The third kappa shape index (κ3) is 3.51. The summed E-state index contributed by atoms with van der Waals surface area (Å²) in [5.41, 5.74) is 1.50. The summed E-state index contributed by atoms with van der Waals surface area (Å²) in [5, 5.41) is 2.83. The molecule has 20 heavy (non-hydrogen) atoms. The van der Waals surface area contributed by atoms with Crippen LogP contribution < -0.4 is 15.0 Å². The second-order valence-electron chi connectivity index (χ2n) is 4.20. The Labute approximate surface area is 126 Å². The Hall–Kier alpha value is -2.01. The number of urea groups is 1. The van der Waals surface area contributed by atoms with Gasteiger partial charge in [-0.05, 0) is 30.3 Å². The minimum atomic E-state index is -0.212. The van der Waals surface area contributed by atoms with Crippen molar-refractivity contribution in [1.29, 1.82) is 0 Å². The van der Waals surface area contributed by atoms with Crippen molar-refractivity contribution in [2.45, 2.75) is 0 Å². The molecule has 0 fully saturated rings. The molecule has 0 saturated carbocycles. The molecule has 2 amide bonds. The number of hydrogen-bond donors (Lipinski definition) is 1. The van der Waals surface area contributed by atoms with Crippen LogP contribution >= 0.6 is 15.9 Å². The Kier molecular flexibility index (Phi) is 4.63. The molecule has 0 atom stereocenters. The largest absolute Gasteiger partial charge is 0.497 e. The van der Waals surface area contributed by atoms with E-state index in [2.05, 4.69) is 21.2 Å². The summed E-state index contributed by atoms with van der Waals surface area (Å²) in [5.74, 6) is 0.702. The highest BCUT2D eigenvalue weighted by atomic mass is 79.9. The van der Waals surface area contributed by atoms with E-state index in [-0.39, 0.29) is 6.03 Å². The normalized spacial score (nSPS) is 9.95. The van der Waals surface area contributed by atoms with Crippen LogP contribution in [0.3, 0.4) is 0 Å². The maximum absolute atomic E-state index is 12.2. The molecule has 0 radical (unpaired) electrons. The quantitative estimate of drug-likeness (QED) is 0.916. The lowest BCUT2D eigenvalue weighted by Gasteiger charge is -2.18. The number of nitrogens with zero attached hydrogens (tertiary/aromatic N) is 1. The van der Waals surface area contributed by atoms with Gasteiger partial charge in [0.2, 0.25) is 0 Å². The van der Waals surface area contributed by atoms with E-state index < -0.39 is 0 Å². The molecule has 0 aromatic heterocycles. The number of nitrogens with one attached hydrogen (secondary N) is 1. The van der Waals surface area contributed by atoms with E-state index >= 15 is 0 Å². The molecule has 2 aromatic carbocycles. The topological polar surface area (TPSA) is 41.6 Å². The van der Waals surface area contributed by atoms with Gasteiger partial charge in [0.15, 0.2) is 0 Å². The first-order chi connectivity index (χ1) is 9.60. The van der Waals surface area contributed by atoms with Crippen LogP contribution in [-0.2, 0) is 0 Å². The van der Waals surface area contributed by atoms with Gasteiger partial charge in [-0.2, -0.15) is 0 Å². The first-order valence-corrected chi connectivity index (χ1v) is 6.84. The molecule has 0 saturated heterocycles. The number of ether oxygens (including phenoxy) is 1. The van der Waals surface area contributed by atoms with E-state index in [1.807, 2.05) is 42.5 Å². The zero-order valence-electron chi connectivity index (χ0n) is 11.3. The van der Waals surface area contributed by atoms with Crippen LogP contribution in [0.15, 0.2) is 53.0 Å². The lowest BCUT2D eigenvalue weighted by Crippen LogP contribution is -2.31. The molecule has 0 unspecified atom stereocenters. The number of hydrogen-bond acceptors (Lipinski definition) is 2. The van der Waals surface area contributed by atoms with Gasteiger partial charge in [-0.25, -0.2) is 4.79 Å². The summed E-state index contributed by atoms with van der Waals surface area (Å²) in [6.45, 7) is 0. The molecule has 0 bridgehead atoms. The number of methoxy groups -OCH3 is 1. The van der Waals surface area contributed by atoms with E-state index in [1.54, 1.807) is 25.1 Å². The predicted octanol–water partition coefficient (Wildman–Crippen LogP) is 4.13. The lowest BCUT2D eigenvalue weighted by molar-refractivity contribution is 0.258. The fraction of sp³-hybridized carbons (Fsp3) is 0.133. The lowest BCUT2D eigenvalue weighted by atomic mass is 10.3. The van der Waals surface area contributed by atoms with E-state index in [0.717, 1.165) is 10.2 Å². The van der Waals surface area contributed by atoms with Gasteiger partial charge in [0, 0.05) is 29.0 Å². The van der Waals surface area contributed by atoms with Crippen LogP contribution in [0.1, 0.15) is 0 Å².